The SMILES string of the molecule is COc1cccc(NC(=O)[C@H](C2CCCC2)N2CCN(C(=O)CCc3ccccc3)CC2)c1. The predicted molar refractivity (Wildman–Crippen MR) is 130 cm³/mol. The molecule has 2 fully saturated rings. The second kappa shape index (κ2) is 11.3. The third kappa shape index (κ3) is 6.14. The summed E-state index contributed by atoms with van der Waals surface area (Å²) in [5.41, 5.74) is 1.96. The minimum Gasteiger partial charge on any atom is -0.497 e. The number of aryl methyl sites for hydroxylation is 1. The van der Waals surface area contributed by atoms with Crippen LogP contribution < -0.4 is 10.1 Å². The monoisotopic (exact) mass is 449 g/mol. The molecule has 1 aliphatic carbocycles. The summed E-state index contributed by atoms with van der Waals surface area (Å²) in [6.45, 7) is 2.85. The van der Waals surface area contributed by atoms with Crippen LogP contribution in [0.3, 0.4) is 0 Å². The smallest absolute Gasteiger partial charge is 0.242 e. The number of nitrogens with one attached hydrogen (secondary N) is 1. The molecule has 176 valence electrons. The van der Waals surface area contributed by atoms with Crippen LogP contribution in [0.4, 0.5) is 5.69 Å². The summed E-state index contributed by atoms with van der Waals surface area (Å²) in [5, 5.41) is 3.12. The van der Waals surface area contributed by atoms with E-state index in [9.17, 15) is 9.59 Å². The minimum absolute atomic E-state index is 0.0546. The number of rotatable bonds is 8. The zero-order valence-corrected chi connectivity index (χ0v) is 19.5. The van der Waals surface area contributed by atoms with Crippen molar-refractivity contribution in [3.8, 4) is 5.75 Å². The van der Waals surface area contributed by atoms with Crippen LogP contribution in [0.25, 0.3) is 0 Å². The van der Waals surface area contributed by atoms with Gasteiger partial charge in [0.25, 0.3) is 0 Å². The summed E-state index contributed by atoms with van der Waals surface area (Å²) < 4.78 is 5.30. The van der Waals surface area contributed by atoms with Crippen LogP contribution in [0.1, 0.15) is 37.7 Å². The molecule has 6 nitrogen and oxygen atoms in total. The maximum atomic E-state index is 13.4. The molecular formula is C27H35N3O3. The van der Waals surface area contributed by atoms with Gasteiger partial charge in [0.1, 0.15) is 5.75 Å². The van der Waals surface area contributed by atoms with Crippen molar-refractivity contribution in [3.05, 3.63) is 60.2 Å². The summed E-state index contributed by atoms with van der Waals surface area (Å²) in [6.07, 6.45) is 5.86. The van der Waals surface area contributed by atoms with Crippen LogP contribution in [0.2, 0.25) is 0 Å². The Labute approximate surface area is 196 Å². The quantitative estimate of drug-likeness (QED) is 0.663. The van der Waals surface area contributed by atoms with Gasteiger partial charge >= 0.3 is 0 Å². The third-order valence-electron chi connectivity index (χ3n) is 6.98. The first kappa shape index (κ1) is 23.3. The van der Waals surface area contributed by atoms with E-state index < -0.39 is 0 Å². The number of piperazine rings is 1. The number of amides is 2. The molecule has 1 saturated carbocycles. The molecule has 6 heteroatoms. The van der Waals surface area contributed by atoms with E-state index in [1.165, 1.54) is 18.4 Å². The average Bonchev–Trinajstić information content (AvgIpc) is 3.38. The number of methoxy groups -OCH3 is 1. The molecule has 2 aliphatic rings. The average molecular weight is 450 g/mol. The van der Waals surface area contributed by atoms with E-state index in [4.69, 9.17) is 4.74 Å². The Hall–Kier alpha value is -2.86. The molecular weight excluding hydrogens is 414 g/mol. The molecule has 2 aromatic carbocycles. The second-order valence-electron chi connectivity index (χ2n) is 9.11. The maximum absolute atomic E-state index is 13.4. The van der Waals surface area contributed by atoms with Crippen molar-refractivity contribution in [1.29, 1.82) is 0 Å². The highest BCUT2D eigenvalue weighted by Gasteiger charge is 2.37. The first-order valence-electron chi connectivity index (χ1n) is 12.1. The highest BCUT2D eigenvalue weighted by molar-refractivity contribution is 5.95. The van der Waals surface area contributed by atoms with E-state index in [-0.39, 0.29) is 17.9 Å². The van der Waals surface area contributed by atoms with Gasteiger partial charge < -0.3 is 15.0 Å². The van der Waals surface area contributed by atoms with Crippen LogP contribution in [0.5, 0.6) is 5.75 Å². The lowest BCUT2D eigenvalue weighted by Crippen LogP contribution is -2.57. The van der Waals surface area contributed by atoms with E-state index in [0.29, 0.717) is 25.4 Å². The van der Waals surface area contributed by atoms with Crippen LogP contribution in [0.15, 0.2) is 54.6 Å². The number of benzene rings is 2. The van der Waals surface area contributed by atoms with Crippen molar-refractivity contribution in [2.75, 3.05) is 38.6 Å². The molecule has 1 heterocycles. The Balaban J connectivity index is 1.35. The molecule has 1 saturated heterocycles. The fourth-order valence-electron chi connectivity index (χ4n) is 5.17. The van der Waals surface area contributed by atoms with Gasteiger partial charge in [-0.1, -0.05) is 49.2 Å². The van der Waals surface area contributed by atoms with Crippen LogP contribution in [0, 0.1) is 5.92 Å². The Bertz CT molecular complexity index is 919. The standard InChI is InChI=1S/C27H35N3O3/c1-33-24-13-7-12-23(20-24)28-27(32)26(22-10-5-6-11-22)30-18-16-29(17-19-30)25(31)15-14-21-8-3-2-4-9-21/h2-4,7-9,12-13,20,22,26H,5-6,10-11,14-19H2,1H3,(H,28,32)/t26-/m0/s1. The second-order valence-corrected chi connectivity index (χ2v) is 9.11. The normalized spacial score (nSPS) is 18.2. The first-order valence-corrected chi connectivity index (χ1v) is 12.1. The minimum atomic E-state index is -0.153. The van der Waals surface area contributed by atoms with Gasteiger partial charge in [-0.15, -0.1) is 0 Å². The number of hydrogen-bond acceptors (Lipinski definition) is 4. The van der Waals surface area contributed by atoms with Crippen molar-refractivity contribution in [2.45, 2.75) is 44.6 Å². The van der Waals surface area contributed by atoms with Gasteiger partial charge in [0, 0.05) is 44.4 Å². The first-order chi connectivity index (χ1) is 16.1. The lowest BCUT2D eigenvalue weighted by molar-refractivity contribution is -0.134. The molecule has 2 aromatic rings. The number of anilines is 1. The zero-order valence-electron chi connectivity index (χ0n) is 19.5. The summed E-state index contributed by atoms with van der Waals surface area (Å²) in [5.74, 6) is 1.36. The van der Waals surface area contributed by atoms with Gasteiger partial charge in [0.05, 0.1) is 13.2 Å². The lowest BCUT2D eigenvalue weighted by atomic mass is 9.94. The zero-order chi connectivity index (χ0) is 23.0. The van der Waals surface area contributed by atoms with E-state index >= 15 is 0 Å². The van der Waals surface area contributed by atoms with Crippen LogP contribution in [-0.4, -0.2) is 60.9 Å². The van der Waals surface area contributed by atoms with Gasteiger partial charge in [-0.05, 0) is 42.9 Å². The Kier molecular flexibility index (Phi) is 8.00. The number of nitrogens with zero attached hydrogens (tertiary/aromatic N) is 2. The van der Waals surface area contributed by atoms with E-state index in [1.54, 1.807) is 7.11 Å². The van der Waals surface area contributed by atoms with Gasteiger partial charge in [-0.3, -0.25) is 14.5 Å². The van der Waals surface area contributed by atoms with E-state index in [2.05, 4.69) is 22.3 Å². The topological polar surface area (TPSA) is 61.9 Å². The predicted octanol–water partition coefficient (Wildman–Crippen LogP) is 3.97. The molecule has 0 radical (unpaired) electrons. The molecule has 4 rings (SSSR count). The largest absolute Gasteiger partial charge is 0.497 e. The van der Waals surface area contributed by atoms with Gasteiger partial charge in [0.15, 0.2) is 0 Å². The molecule has 0 bridgehead atoms. The molecule has 2 amide bonds. The molecule has 33 heavy (non-hydrogen) atoms. The number of carbonyl (C=O) groups is 2. The Morgan fingerprint density at radius 3 is 2.42 bits per heavy atom. The van der Waals surface area contributed by atoms with Crippen molar-refractivity contribution >= 4 is 17.5 Å². The summed E-state index contributed by atoms with van der Waals surface area (Å²) in [4.78, 5) is 30.4. The summed E-state index contributed by atoms with van der Waals surface area (Å²) in [7, 11) is 1.63. The van der Waals surface area contributed by atoms with Gasteiger partial charge in [-0.2, -0.15) is 0 Å². The van der Waals surface area contributed by atoms with E-state index in [1.807, 2.05) is 47.4 Å². The highest BCUT2D eigenvalue weighted by Crippen LogP contribution is 2.32. The third-order valence-corrected chi connectivity index (χ3v) is 6.98. The lowest BCUT2D eigenvalue weighted by Gasteiger charge is -2.40. The fraction of sp³-hybridized carbons (Fsp3) is 0.481. The van der Waals surface area contributed by atoms with Crippen molar-refractivity contribution in [2.24, 2.45) is 5.92 Å². The molecule has 0 aromatic heterocycles. The Morgan fingerprint density at radius 1 is 1.00 bits per heavy atom. The van der Waals surface area contributed by atoms with Crippen molar-refractivity contribution in [3.63, 3.8) is 0 Å². The summed E-state index contributed by atoms with van der Waals surface area (Å²) >= 11 is 0. The van der Waals surface area contributed by atoms with Crippen LogP contribution >= 0.6 is 0 Å². The van der Waals surface area contributed by atoms with Gasteiger partial charge in [-0.25, -0.2) is 0 Å². The number of carbonyl (C=O) groups excluding carboxylic acids is 2. The Morgan fingerprint density at radius 2 is 1.73 bits per heavy atom. The van der Waals surface area contributed by atoms with Crippen molar-refractivity contribution in [1.82, 2.24) is 9.80 Å². The van der Waals surface area contributed by atoms with Crippen molar-refractivity contribution < 1.29 is 14.3 Å². The summed E-state index contributed by atoms with van der Waals surface area (Å²) in [6, 6.07) is 17.5. The molecule has 0 unspecified atom stereocenters. The number of hydrogen-bond donors (Lipinski definition) is 1. The van der Waals surface area contributed by atoms with Gasteiger partial charge in [0.2, 0.25) is 11.8 Å². The fourth-order valence-corrected chi connectivity index (χ4v) is 5.17. The maximum Gasteiger partial charge on any atom is 0.242 e. The van der Waals surface area contributed by atoms with Crippen LogP contribution in [-0.2, 0) is 16.0 Å². The van der Waals surface area contributed by atoms with E-state index in [0.717, 1.165) is 43.8 Å². The molecule has 0 spiro atoms. The molecule has 1 atom stereocenters. The number of ether oxygens (including phenoxy) is 1. The molecule has 1 aliphatic heterocycles. The highest BCUT2D eigenvalue weighted by atomic mass is 16.5. The molecule has 1 N–H and O–H groups in total.